The highest BCUT2D eigenvalue weighted by atomic mass is 16.3. The van der Waals surface area contributed by atoms with Crippen LogP contribution in [0.1, 0.15) is 0 Å². The van der Waals surface area contributed by atoms with Crippen molar-refractivity contribution in [2.24, 2.45) is 0 Å². The molecule has 8 aromatic rings. The van der Waals surface area contributed by atoms with Gasteiger partial charge in [0.05, 0.1) is 16.7 Å². The number of rotatable bonds is 4. The second-order valence-corrected chi connectivity index (χ2v) is 16.0. The van der Waals surface area contributed by atoms with E-state index in [1.54, 1.807) is 7.85 Å². The molecule has 0 unspecified atom stereocenters. The second kappa shape index (κ2) is 13.4. The Kier molecular flexibility index (Phi) is 9.02. The lowest BCUT2D eigenvalue weighted by Gasteiger charge is -2.26. The Morgan fingerprint density at radius 3 is 1.46 bits per heavy atom. The third-order valence-corrected chi connectivity index (χ3v) is 13.5. The Labute approximate surface area is 339 Å². The molecule has 258 valence electrons. The number of hydrogen-bond donors (Lipinski definition) is 3. The van der Waals surface area contributed by atoms with Gasteiger partial charge >= 0.3 is 0 Å². The SMILES string of the molecule is Bc1c(B)c(B)c(-c2ccc3c(-c4nc5ccccc5n4-c4c(B)c(B)c(O)c(O)c4O)c4ccccc4c(-c4c(B)c(B)c(B)c(B)c4B)c3c2)c(B)c1B. The molecule has 0 saturated heterocycles. The van der Waals surface area contributed by atoms with E-state index in [1.807, 2.05) is 36.7 Å². The molecule has 56 heavy (non-hydrogen) atoms. The summed E-state index contributed by atoms with van der Waals surface area (Å²) in [6.07, 6.45) is 0. The highest BCUT2D eigenvalue weighted by Gasteiger charge is 2.28. The zero-order chi connectivity index (χ0) is 40.2. The van der Waals surface area contributed by atoms with Crippen molar-refractivity contribution in [3.63, 3.8) is 0 Å². The second-order valence-electron chi connectivity index (χ2n) is 16.0. The normalized spacial score (nSPS) is 11.6. The maximum absolute atomic E-state index is 11.7. The van der Waals surface area contributed by atoms with Crippen molar-refractivity contribution in [3.05, 3.63) is 66.7 Å². The van der Waals surface area contributed by atoms with Gasteiger partial charge in [0.25, 0.3) is 0 Å². The fourth-order valence-corrected chi connectivity index (χ4v) is 9.28. The molecule has 0 spiro atoms. The number of phenolic OH excluding ortho intramolecular Hbond substituents is 3. The summed E-state index contributed by atoms with van der Waals surface area (Å²) in [5.41, 5.74) is 21.8. The molecule has 0 radical (unpaired) electrons. The van der Waals surface area contributed by atoms with Gasteiger partial charge in [-0.25, -0.2) is 4.98 Å². The molecule has 3 N–H and O–H groups in total. The molecule has 0 atom stereocenters. The first-order chi connectivity index (χ1) is 26.6. The van der Waals surface area contributed by atoms with E-state index in [2.05, 4.69) is 121 Å². The minimum atomic E-state index is -0.549. The van der Waals surface area contributed by atoms with E-state index in [1.165, 1.54) is 71.3 Å². The van der Waals surface area contributed by atoms with Gasteiger partial charge in [-0.1, -0.05) is 75.8 Å². The minimum absolute atomic E-state index is 0.330. The maximum Gasteiger partial charge on any atom is 0.201 e. The Morgan fingerprint density at radius 1 is 0.393 bits per heavy atom. The van der Waals surface area contributed by atoms with Crippen molar-refractivity contribution < 1.29 is 15.3 Å². The fraction of sp³-hybridized carbons (Fsp3) is 0. The first kappa shape index (κ1) is 37.6. The molecular formula is C39H38B12N2O3. The van der Waals surface area contributed by atoms with E-state index in [0.717, 1.165) is 43.7 Å². The first-order valence-electron chi connectivity index (χ1n) is 19.4. The van der Waals surface area contributed by atoms with Crippen LogP contribution in [0, 0.1) is 0 Å². The van der Waals surface area contributed by atoms with Crippen LogP contribution in [0.15, 0.2) is 66.7 Å². The van der Waals surface area contributed by atoms with Crippen LogP contribution in [0.2, 0.25) is 0 Å². The third kappa shape index (κ3) is 5.22. The number of aromatic hydroxyl groups is 3. The first-order valence-corrected chi connectivity index (χ1v) is 19.4. The summed E-state index contributed by atoms with van der Waals surface area (Å²) < 4.78 is 1.96. The van der Waals surface area contributed by atoms with Gasteiger partial charge < -0.3 is 15.3 Å². The van der Waals surface area contributed by atoms with Crippen LogP contribution in [0.25, 0.3) is 71.9 Å². The largest absolute Gasteiger partial charge is 0.505 e. The Bertz CT molecular complexity index is 2970. The van der Waals surface area contributed by atoms with Crippen LogP contribution in [0.3, 0.4) is 0 Å². The maximum atomic E-state index is 11.7. The van der Waals surface area contributed by atoms with Gasteiger partial charge in [0.2, 0.25) is 5.75 Å². The van der Waals surface area contributed by atoms with Gasteiger partial charge in [-0.05, 0) is 67.5 Å². The number of phenols is 3. The average Bonchev–Trinajstić information content (AvgIpc) is 3.57. The lowest BCUT2D eigenvalue weighted by atomic mass is 9.59. The molecule has 1 heterocycles. The number of benzene rings is 7. The fourth-order valence-electron chi connectivity index (χ4n) is 9.28. The number of imidazole rings is 1. The van der Waals surface area contributed by atoms with Crippen LogP contribution >= 0.6 is 0 Å². The van der Waals surface area contributed by atoms with Gasteiger partial charge in [-0.15, -0.1) is 32.8 Å². The molecular weight excluding hydrogens is 674 g/mol. The quantitative estimate of drug-likeness (QED) is 0.0964. The van der Waals surface area contributed by atoms with Gasteiger partial charge in [-0.2, -0.15) is 0 Å². The van der Waals surface area contributed by atoms with Crippen LogP contribution in [0.5, 0.6) is 17.2 Å². The number of hydrogen-bond acceptors (Lipinski definition) is 4. The predicted molar refractivity (Wildman–Crippen MR) is 276 cm³/mol. The van der Waals surface area contributed by atoms with Crippen molar-refractivity contribution in [3.8, 4) is 56.6 Å². The van der Waals surface area contributed by atoms with Crippen LogP contribution in [-0.2, 0) is 0 Å². The zero-order valence-electron chi connectivity index (χ0n) is 34.6. The van der Waals surface area contributed by atoms with E-state index < -0.39 is 11.5 Å². The Balaban J connectivity index is 1.63. The number of nitrogens with zero attached hydrogens (tertiary/aromatic N) is 2. The molecule has 0 aliphatic heterocycles. The van der Waals surface area contributed by atoms with Crippen molar-refractivity contribution in [2.45, 2.75) is 0 Å². The summed E-state index contributed by atoms with van der Waals surface area (Å²) in [4.78, 5) is 5.35. The molecule has 0 aliphatic carbocycles. The molecule has 0 aliphatic rings. The number of para-hydroxylation sites is 2. The molecule has 7 aromatic carbocycles. The molecule has 0 amide bonds. The minimum Gasteiger partial charge on any atom is -0.505 e. The lowest BCUT2D eigenvalue weighted by molar-refractivity contribution is 0.369. The highest BCUT2D eigenvalue weighted by molar-refractivity contribution is 6.70. The molecule has 0 bridgehead atoms. The Hall–Kier alpha value is -5.29. The predicted octanol–water partition coefficient (Wildman–Crippen LogP) is -11.4. The van der Waals surface area contributed by atoms with Gasteiger partial charge in [0.1, 0.15) is 100.0 Å². The topological polar surface area (TPSA) is 78.5 Å². The van der Waals surface area contributed by atoms with Crippen molar-refractivity contribution in [1.29, 1.82) is 0 Å². The van der Waals surface area contributed by atoms with Crippen LogP contribution in [0.4, 0.5) is 0 Å². The molecule has 0 fully saturated rings. The monoisotopic (exact) mass is 714 g/mol. The van der Waals surface area contributed by atoms with Crippen molar-refractivity contribution in [2.75, 3.05) is 0 Å². The van der Waals surface area contributed by atoms with E-state index in [9.17, 15) is 15.3 Å². The smallest absolute Gasteiger partial charge is 0.201 e. The summed E-state index contributed by atoms with van der Waals surface area (Å²) >= 11 is 0. The summed E-state index contributed by atoms with van der Waals surface area (Å²) in [5.74, 6) is -0.639. The van der Waals surface area contributed by atoms with Gasteiger partial charge in [0, 0.05) is 5.56 Å². The molecule has 0 saturated carbocycles. The zero-order valence-corrected chi connectivity index (χ0v) is 34.6. The third-order valence-electron chi connectivity index (χ3n) is 13.5. The van der Waals surface area contributed by atoms with Crippen LogP contribution in [-0.4, -0.2) is 119 Å². The van der Waals surface area contributed by atoms with Crippen molar-refractivity contribution >= 4 is 192 Å². The molecule has 5 nitrogen and oxygen atoms in total. The summed E-state index contributed by atoms with van der Waals surface area (Å²) in [6.45, 7) is 0. The summed E-state index contributed by atoms with van der Waals surface area (Å²) in [6, 6.07) is 23.4. The van der Waals surface area contributed by atoms with Crippen LogP contribution < -0.4 is 65.6 Å². The lowest BCUT2D eigenvalue weighted by Crippen LogP contribution is -2.55. The van der Waals surface area contributed by atoms with E-state index in [-0.39, 0.29) is 5.75 Å². The summed E-state index contributed by atoms with van der Waals surface area (Å²) in [5, 5.41) is 37.8. The van der Waals surface area contributed by atoms with Gasteiger partial charge in [-0.3, -0.25) is 4.57 Å². The highest BCUT2D eigenvalue weighted by Crippen LogP contribution is 2.46. The van der Waals surface area contributed by atoms with E-state index >= 15 is 0 Å². The number of fused-ring (bicyclic) bond motifs is 3. The van der Waals surface area contributed by atoms with E-state index in [0.29, 0.717) is 22.4 Å². The molecule has 17 heteroatoms. The average molecular weight is 712 g/mol. The van der Waals surface area contributed by atoms with Crippen molar-refractivity contribution in [1.82, 2.24) is 9.55 Å². The standard InChI is InChI=1S/C39H38B12N2O3/c40-23-19(24(41)28(45)31(48)27(23)44)12-9-10-15-16(11-12)20(22-25(42)29(46)32(49)30(47)26(22)43)13-5-1-2-6-14(13)21(15)39-52-17-7-3-4-8-18(17)53(39)35-33(50)34(51)36(54)38(56)37(35)55/h1-11,54-56H,40-51H2. The molecule has 1 aromatic heterocycles. The summed E-state index contributed by atoms with van der Waals surface area (Å²) in [7, 11) is 26.0. The Morgan fingerprint density at radius 2 is 0.875 bits per heavy atom. The van der Waals surface area contributed by atoms with E-state index in [4.69, 9.17) is 4.98 Å². The molecule has 8 rings (SSSR count). The number of aromatic nitrogens is 2. The van der Waals surface area contributed by atoms with Gasteiger partial charge in [0.15, 0.2) is 11.5 Å².